The highest BCUT2D eigenvalue weighted by Gasteiger charge is 2.31. The minimum atomic E-state index is -2.88. The predicted octanol–water partition coefficient (Wildman–Crippen LogP) is 1.10. The number of sulfone groups is 1. The second kappa shape index (κ2) is 4.71. The summed E-state index contributed by atoms with van der Waals surface area (Å²) in [6, 6.07) is 0.0557. The highest BCUT2D eigenvalue weighted by molar-refractivity contribution is 7.91. The van der Waals surface area contributed by atoms with Crippen molar-refractivity contribution in [3.8, 4) is 0 Å². The summed E-state index contributed by atoms with van der Waals surface area (Å²) < 4.78 is 23.2. The largest absolute Gasteiger partial charge is 0.343 e. The van der Waals surface area contributed by atoms with Crippen LogP contribution in [0.15, 0.2) is 0 Å². The molecule has 2 atom stereocenters. The Kier molecular flexibility index (Phi) is 3.31. The van der Waals surface area contributed by atoms with Crippen molar-refractivity contribution in [3.63, 3.8) is 0 Å². The molecule has 2 aliphatic rings. The molecule has 0 bridgehead atoms. The highest BCUT2D eigenvalue weighted by atomic mass is 32.2. The number of nitrogens with two attached hydrogens (primary N) is 1. The number of thiazole rings is 1. The minimum absolute atomic E-state index is 0.00239. The lowest BCUT2D eigenvalue weighted by molar-refractivity contribution is 0.558. The van der Waals surface area contributed by atoms with E-state index in [4.69, 9.17) is 5.73 Å². The van der Waals surface area contributed by atoms with E-state index in [9.17, 15) is 8.42 Å². The summed E-state index contributed by atoms with van der Waals surface area (Å²) >= 11 is 1.69. The average molecular weight is 301 g/mol. The Labute approximate surface area is 117 Å². The van der Waals surface area contributed by atoms with Gasteiger partial charge in [-0.05, 0) is 26.2 Å². The highest BCUT2D eigenvalue weighted by Crippen LogP contribution is 2.36. The van der Waals surface area contributed by atoms with E-state index in [1.165, 1.54) is 4.88 Å². The third-order valence-corrected chi connectivity index (χ3v) is 6.87. The summed E-state index contributed by atoms with van der Waals surface area (Å²) in [6.07, 6.45) is 3.18. The van der Waals surface area contributed by atoms with E-state index in [2.05, 4.69) is 9.88 Å². The van der Waals surface area contributed by atoms with Gasteiger partial charge < -0.3 is 10.6 Å². The molecule has 0 spiro atoms. The van der Waals surface area contributed by atoms with Gasteiger partial charge in [-0.2, -0.15) is 0 Å². The van der Waals surface area contributed by atoms with Crippen molar-refractivity contribution in [2.24, 2.45) is 5.73 Å². The second-order valence-electron chi connectivity index (χ2n) is 5.46. The van der Waals surface area contributed by atoms with Crippen molar-refractivity contribution in [1.29, 1.82) is 0 Å². The Balaban J connectivity index is 1.87. The Hall–Kier alpha value is -0.660. The molecule has 1 fully saturated rings. The smallest absolute Gasteiger partial charge is 0.186 e. The molecule has 2 heterocycles. The summed E-state index contributed by atoms with van der Waals surface area (Å²) in [5.41, 5.74) is 7.13. The number of rotatable bonds is 1. The monoisotopic (exact) mass is 301 g/mol. The number of hydrogen-bond acceptors (Lipinski definition) is 6. The van der Waals surface area contributed by atoms with Crippen LogP contribution in [0.25, 0.3) is 0 Å². The zero-order valence-electron chi connectivity index (χ0n) is 11.0. The summed E-state index contributed by atoms with van der Waals surface area (Å²) in [5, 5.41) is 0.949. The molecule has 19 heavy (non-hydrogen) atoms. The van der Waals surface area contributed by atoms with Crippen LogP contribution in [0.2, 0.25) is 0 Å². The van der Waals surface area contributed by atoms with Crippen LogP contribution in [0.4, 0.5) is 5.13 Å². The van der Waals surface area contributed by atoms with Crippen LogP contribution in [0, 0.1) is 0 Å². The molecule has 106 valence electrons. The van der Waals surface area contributed by atoms with E-state index in [0.717, 1.165) is 30.1 Å². The van der Waals surface area contributed by atoms with E-state index in [0.29, 0.717) is 6.54 Å². The summed E-state index contributed by atoms with van der Waals surface area (Å²) in [5.74, 6) is 0.455. The summed E-state index contributed by atoms with van der Waals surface area (Å²) in [7, 11) is -2.88. The van der Waals surface area contributed by atoms with Crippen LogP contribution in [-0.2, 0) is 16.3 Å². The normalized spacial score (nSPS) is 30.1. The Morgan fingerprint density at radius 2 is 2.26 bits per heavy atom. The van der Waals surface area contributed by atoms with Crippen LogP contribution < -0.4 is 10.6 Å². The van der Waals surface area contributed by atoms with E-state index in [1.807, 2.05) is 6.92 Å². The molecule has 0 amide bonds. The molecule has 1 aromatic rings. The zero-order valence-corrected chi connectivity index (χ0v) is 12.6. The maximum Gasteiger partial charge on any atom is 0.186 e. The Morgan fingerprint density at radius 3 is 2.95 bits per heavy atom. The van der Waals surface area contributed by atoms with Gasteiger partial charge in [0.05, 0.1) is 17.2 Å². The van der Waals surface area contributed by atoms with Crippen LogP contribution in [-0.4, -0.2) is 37.5 Å². The third-order valence-electron chi connectivity index (χ3n) is 3.90. The number of anilines is 1. The van der Waals surface area contributed by atoms with Crippen molar-refractivity contribution in [2.45, 2.75) is 38.3 Å². The van der Waals surface area contributed by atoms with Gasteiger partial charge >= 0.3 is 0 Å². The lowest BCUT2D eigenvalue weighted by Gasteiger charge is -2.32. The molecule has 2 N–H and O–H groups in total. The molecule has 0 saturated carbocycles. The average Bonchev–Trinajstić information content (AvgIpc) is 2.72. The first kappa shape index (κ1) is 13.3. The van der Waals surface area contributed by atoms with Crippen LogP contribution in [0.3, 0.4) is 0 Å². The van der Waals surface area contributed by atoms with Gasteiger partial charge in [0.2, 0.25) is 0 Å². The molecule has 1 aromatic heterocycles. The van der Waals surface area contributed by atoms with Crippen molar-refractivity contribution in [3.05, 3.63) is 10.6 Å². The Morgan fingerprint density at radius 1 is 1.47 bits per heavy atom. The van der Waals surface area contributed by atoms with E-state index < -0.39 is 9.84 Å². The molecule has 2 unspecified atom stereocenters. The molecule has 5 nitrogen and oxygen atoms in total. The molecular formula is C12H19N3O2S2. The van der Waals surface area contributed by atoms with Gasteiger partial charge in [-0.15, -0.1) is 11.3 Å². The van der Waals surface area contributed by atoms with Gasteiger partial charge in [0, 0.05) is 23.5 Å². The second-order valence-corrected chi connectivity index (χ2v) is 8.75. The fraction of sp³-hybridized carbons (Fsp3) is 0.750. The third kappa shape index (κ3) is 2.51. The Bertz CT molecular complexity index is 582. The van der Waals surface area contributed by atoms with E-state index in [-0.39, 0.29) is 23.6 Å². The topological polar surface area (TPSA) is 76.3 Å². The maximum absolute atomic E-state index is 11.6. The number of hydrogen-bond donors (Lipinski definition) is 1. The molecule has 1 saturated heterocycles. The quantitative estimate of drug-likeness (QED) is 0.840. The predicted molar refractivity (Wildman–Crippen MR) is 77.4 cm³/mol. The van der Waals surface area contributed by atoms with E-state index in [1.54, 1.807) is 11.3 Å². The van der Waals surface area contributed by atoms with Gasteiger partial charge in [-0.3, -0.25) is 0 Å². The van der Waals surface area contributed by atoms with Crippen molar-refractivity contribution < 1.29 is 8.42 Å². The fourth-order valence-electron chi connectivity index (χ4n) is 2.84. The van der Waals surface area contributed by atoms with Gasteiger partial charge in [0.15, 0.2) is 15.0 Å². The SMILES string of the molecule is CC1CS(=O)(=O)CCN1c1nc2c(s1)CCCC2N. The molecule has 0 radical (unpaired) electrons. The molecule has 3 rings (SSSR count). The number of aromatic nitrogens is 1. The fourth-order valence-corrected chi connectivity index (χ4v) is 5.70. The van der Waals surface area contributed by atoms with Gasteiger partial charge in [0.25, 0.3) is 0 Å². The first-order valence-corrected chi connectivity index (χ1v) is 9.32. The van der Waals surface area contributed by atoms with Crippen LogP contribution in [0.5, 0.6) is 0 Å². The van der Waals surface area contributed by atoms with Gasteiger partial charge in [-0.25, -0.2) is 13.4 Å². The van der Waals surface area contributed by atoms with Crippen LogP contribution in [0.1, 0.15) is 36.4 Å². The number of fused-ring (bicyclic) bond motifs is 1. The van der Waals surface area contributed by atoms with Crippen molar-refractivity contribution in [1.82, 2.24) is 4.98 Å². The number of nitrogens with zero attached hydrogens (tertiary/aromatic N) is 2. The molecule has 1 aliphatic heterocycles. The lowest BCUT2D eigenvalue weighted by atomic mass is 9.99. The maximum atomic E-state index is 11.6. The zero-order chi connectivity index (χ0) is 13.6. The number of aryl methyl sites for hydroxylation is 1. The lowest BCUT2D eigenvalue weighted by Crippen LogP contribution is -2.47. The molecule has 1 aliphatic carbocycles. The van der Waals surface area contributed by atoms with Crippen LogP contribution >= 0.6 is 11.3 Å². The molecule has 7 heteroatoms. The molecular weight excluding hydrogens is 282 g/mol. The van der Waals surface area contributed by atoms with Crippen molar-refractivity contribution >= 4 is 26.3 Å². The van der Waals surface area contributed by atoms with Gasteiger partial charge in [-0.1, -0.05) is 0 Å². The van der Waals surface area contributed by atoms with Gasteiger partial charge in [0.1, 0.15) is 0 Å². The minimum Gasteiger partial charge on any atom is -0.343 e. The first-order valence-electron chi connectivity index (χ1n) is 6.68. The summed E-state index contributed by atoms with van der Waals surface area (Å²) in [6.45, 7) is 2.50. The summed E-state index contributed by atoms with van der Waals surface area (Å²) in [4.78, 5) is 8.09. The van der Waals surface area contributed by atoms with E-state index >= 15 is 0 Å². The standard InChI is InChI=1S/C12H19N3O2S2/c1-8-7-19(16,17)6-5-15(8)12-14-11-9(13)3-2-4-10(11)18-12/h8-9H,2-7,13H2,1H3. The molecule has 0 aromatic carbocycles. The van der Waals surface area contributed by atoms with Crippen molar-refractivity contribution in [2.75, 3.05) is 23.0 Å². The first-order chi connectivity index (χ1) is 8.96.